The van der Waals surface area contributed by atoms with E-state index in [4.69, 9.17) is 5.73 Å². The van der Waals surface area contributed by atoms with Gasteiger partial charge in [-0.25, -0.2) is 0 Å². The Kier molecular flexibility index (Phi) is 4.19. The Balaban J connectivity index is 1.87. The number of benzene rings is 1. The molecule has 18 heavy (non-hydrogen) atoms. The fourth-order valence-corrected chi connectivity index (χ4v) is 2.16. The first kappa shape index (κ1) is 12.9. The molecule has 1 amide bonds. The van der Waals surface area contributed by atoms with E-state index in [1.165, 1.54) is 0 Å². The van der Waals surface area contributed by atoms with E-state index in [1.807, 2.05) is 24.3 Å². The number of anilines is 1. The summed E-state index contributed by atoms with van der Waals surface area (Å²) in [5.41, 5.74) is 6.87. The second-order valence-corrected chi connectivity index (χ2v) is 4.93. The lowest BCUT2D eigenvalue weighted by molar-refractivity contribution is 0.0951. The fraction of sp³-hybridized carbons (Fsp3) is 0.167. The fourth-order valence-electron chi connectivity index (χ4n) is 1.53. The van der Waals surface area contributed by atoms with Gasteiger partial charge in [0.2, 0.25) is 0 Å². The van der Waals surface area contributed by atoms with Crippen LogP contribution in [0.15, 0.2) is 36.7 Å². The van der Waals surface area contributed by atoms with Gasteiger partial charge in [0.25, 0.3) is 5.91 Å². The Morgan fingerprint density at radius 2 is 2.22 bits per heavy atom. The average molecular weight is 356 g/mol. The molecule has 0 aliphatic carbocycles. The van der Waals surface area contributed by atoms with Crippen molar-refractivity contribution < 1.29 is 4.79 Å². The lowest BCUT2D eigenvalue weighted by Gasteiger charge is -2.06. The standard InChI is InChI=1S/C12H13IN4O/c13-11-4-2-1-3-10(11)12(18)15-5-6-17-8-9(14)7-16-17/h1-4,7-8H,5-6,14H2,(H,15,18). The maximum absolute atomic E-state index is 11.9. The Morgan fingerprint density at radius 3 is 2.89 bits per heavy atom. The van der Waals surface area contributed by atoms with Crippen molar-refractivity contribution in [3.63, 3.8) is 0 Å². The van der Waals surface area contributed by atoms with Crippen molar-refractivity contribution in [2.45, 2.75) is 6.54 Å². The summed E-state index contributed by atoms with van der Waals surface area (Å²) in [7, 11) is 0. The molecule has 6 heteroatoms. The summed E-state index contributed by atoms with van der Waals surface area (Å²) in [5.74, 6) is -0.0693. The van der Waals surface area contributed by atoms with Crippen molar-refractivity contribution in [2.75, 3.05) is 12.3 Å². The number of nitrogens with zero attached hydrogens (tertiary/aromatic N) is 2. The molecule has 2 aromatic rings. The van der Waals surface area contributed by atoms with E-state index in [1.54, 1.807) is 17.1 Å². The second kappa shape index (κ2) is 5.85. The Bertz CT molecular complexity index is 553. The summed E-state index contributed by atoms with van der Waals surface area (Å²) >= 11 is 2.15. The van der Waals surface area contributed by atoms with E-state index >= 15 is 0 Å². The van der Waals surface area contributed by atoms with E-state index < -0.39 is 0 Å². The largest absolute Gasteiger partial charge is 0.396 e. The topological polar surface area (TPSA) is 72.9 Å². The summed E-state index contributed by atoms with van der Waals surface area (Å²) in [6.45, 7) is 1.12. The van der Waals surface area contributed by atoms with Gasteiger partial charge in [-0.1, -0.05) is 12.1 Å². The minimum atomic E-state index is -0.0693. The lowest BCUT2D eigenvalue weighted by Crippen LogP contribution is -2.27. The third-order valence-electron chi connectivity index (χ3n) is 2.40. The molecule has 0 aliphatic heterocycles. The van der Waals surface area contributed by atoms with Crippen molar-refractivity contribution >= 4 is 34.2 Å². The molecular weight excluding hydrogens is 343 g/mol. The maximum Gasteiger partial charge on any atom is 0.252 e. The zero-order valence-electron chi connectivity index (χ0n) is 9.64. The highest BCUT2D eigenvalue weighted by Gasteiger charge is 2.07. The number of hydrogen-bond donors (Lipinski definition) is 2. The molecule has 2 rings (SSSR count). The van der Waals surface area contributed by atoms with Crippen LogP contribution in [-0.4, -0.2) is 22.2 Å². The molecule has 94 valence electrons. The third kappa shape index (κ3) is 3.22. The third-order valence-corrected chi connectivity index (χ3v) is 3.34. The van der Waals surface area contributed by atoms with Gasteiger partial charge in [-0.2, -0.15) is 5.10 Å². The second-order valence-electron chi connectivity index (χ2n) is 3.77. The number of hydrogen-bond acceptors (Lipinski definition) is 3. The van der Waals surface area contributed by atoms with E-state index in [2.05, 4.69) is 33.0 Å². The number of carbonyl (C=O) groups is 1. The molecule has 0 saturated heterocycles. The van der Waals surface area contributed by atoms with Crippen molar-refractivity contribution in [2.24, 2.45) is 0 Å². The molecule has 0 bridgehead atoms. The van der Waals surface area contributed by atoms with Crippen molar-refractivity contribution in [3.05, 3.63) is 45.8 Å². The van der Waals surface area contributed by atoms with Crippen LogP contribution in [0.1, 0.15) is 10.4 Å². The van der Waals surface area contributed by atoms with E-state index in [0.29, 0.717) is 24.3 Å². The molecule has 3 N–H and O–H groups in total. The molecule has 0 radical (unpaired) electrons. The SMILES string of the molecule is Nc1cnn(CCNC(=O)c2ccccc2I)c1. The highest BCUT2D eigenvalue weighted by molar-refractivity contribution is 14.1. The Labute approximate surface area is 119 Å². The van der Waals surface area contributed by atoms with Gasteiger partial charge in [-0.15, -0.1) is 0 Å². The summed E-state index contributed by atoms with van der Waals surface area (Å²) in [6.07, 6.45) is 3.32. The van der Waals surface area contributed by atoms with Gasteiger partial charge >= 0.3 is 0 Å². The summed E-state index contributed by atoms with van der Waals surface area (Å²) in [4.78, 5) is 11.9. The highest BCUT2D eigenvalue weighted by Crippen LogP contribution is 2.10. The molecule has 0 atom stereocenters. The molecule has 1 aromatic carbocycles. The van der Waals surface area contributed by atoms with Crippen LogP contribution in [0, 0.1) is 3.57 Å². The molecular formula is C12H13IN4O. The van der Waals surface area contributed by atoms with Gasteiger partial charge in [0.15, 0.2) is 0 Å². The van der Waals surface area contributed by atoms with Gasteiger partial charge < -0.3 is 11.1 Å². The van der Waals surface area contributed by atoms with Crippen molar-refractivity contribution in [3.8, 4) is 0 Å². The molecule has 0 spiro atoms. The predicted octanol–water partition coefficient (Wildman–Crippen LogP) is 1.50. The number of amides is 1. The number of rotatable bonds is 4. The Hall–Kier alpha value is -1.57. The van der Waals surface area contributed by atoms with Crippen LogP contribution >= 0.6 is 22.6 Å². The number of nitrogens with two attached hydrogens (primary N) is 1. The van der Waals surface area contributed by atoms with Crippen LogP contribution < -0.4 is 11.1 Å². The van der Waals surface area contributed by atoms with Crippen LogP contribution in [0.2, 0.25) is 0 Å². The zero-order chi connectivity index (χ0) is 13.0. The number of halogens is 1. The zero-order valence-corrected chi connectivity index (χ0v) is 11.8. The predicted molar refractivity (Wildman–Crippen MR) is 78.1 cm³/mol. The van der Waals surface area contributed by atoms with Crippen molar-refractivity contribution in [1.82, 2.24) is 15.1 Å². The van der Waals surface area contributed by atoms with Gasteiger partial charge in [0, 0.05) is 16.3 Å². The molecule has 0 unspecified atom stereocenters. The van der Waals surface area contributed by atoms with E-state index in [0.717, 1.165) is 3.57 Å². The molecule has 1 heterocycles. The first-order valence-electron chi connectivity index (χ1n) is 5.47. The monoisotopic (exact) mass is 356 g/mol. The number of aromatic nitrogens is 2. The molecule has 0 saturated carbocycles. The quantitative estimate of drug-likeness (QED) is 0.816. The number of nitrogens with one attached hydrogen (secondary N) is 1. The first-order chi connectivity index (χ1) is 8.66. The molecule has 0 fully saturated rings. The summed E-state index contributed by atoms with van der Waals surface area (Å²) in [6, 6.07) is 7.48. The van der Waals surface area contributed by atoms with Gasteiger partial charge in [-0.05, 0) is 34.7 Å². The minimum absolute atomic E-state index is 0.0693. The summed E-state index contributed by atoms with van der Waals surface area (Å²) in [5, 5.41) is 6.89. The Morgan fingerprint density at radius 1 is 1.44 bits per heavy atom. The van der Waals surface area contributed by atoms with Crippen LogP contribution in [0.3, 0.4) is 0 Å². The van der Waals surface area contributed by atoms with Crippen LogP contribution in [-0.2, 0) is 6.54 Å². The normalized spacial score (nSPS) is 10.3. The van der Waals surface area contributed by atoms with Gasteiger partial charge in [0.05, 0.1) is 24.0 Å². The molecule has 5 nitrogen and oxygen atoms in total. The van der Waals surface area contributed by atoms with Crippen molar-refractivity contribution in [1.29, 1.82) is 0 Å². The van der Waals surface area contributed by atoms with Crippen LogP contribution in [0.4, 0.5) is 5.69 Å². The number of nitrogen functional groups attached to an aromatic ring is 1. The highest BCUT2D eigenvalue weighted by atomic mass is 127. The maximum atomic E-state index is 11.9. The molecule has 0 aliphatic rings. The van der Waals surface area contributed by atoms with E-state index in [9.17, 15) is 4.79 Å². The van der Waals surface area contributed by atoms with Crippen LogP contribution in [0.5, 0.6) is 0 Å². The first-order valence-corrected chi connectivity index (χ1v) is 6.55. The van der Waals surface area contributed by atoms with Gasteiger partial charge in [-0.3, -0.25) is 9.48 Å². The molecule has 1 aromatic heterocycles. The average Bonchev–Trinajstić information content (AvgIpc) is 2.75. The summed E-state index contributed by atoms with van der Waals surface area (Å²) < 4.78 is 2.64. The van der Waals surface area contributed by atoms with Crippen LogP contribution in [0.25, 0.3) is 0 Å². The smallest absolute Gasteiger partial charge is 0.252 e. The lowest BCUT2D eigenvalue weighted by atomic mass is 10.2. The van der Waals surface area contributed by atoms with E-state index in [-0.39, 0.29) is 5.91 Å². The minimum Gasteiger partial charge on any atom is -0.396 e. The van der Waals surface area contributed by atoms with Gasteiger partial charge in [0.1, 0.15) is 0 Å². The number of carbonyl (C=O) groups excluding carboxylic acids is 1.